The summed E-state index contributed by atoms with van der Waals surface area (Å²) < 4.78 is 9.25. The van der Waals surface area contributed by atoms with Crippen molar-refractivity contribution in [2.75, 3.05) is 31.2 Å². The summed E-state index contributed by atoms with van der Waals surface area (Å²) in [6.45, 7) is 4.58. The molecule has 1 aliphatic rings. The van der Waals surface area contributed by atoms with Crippen LogP contribution in [0, 0.1) is 11.7 Å². The van der Waals surface area contributed by atoms with Crippen LogP contribution in [-0.2, 0) is 4.74 Å². The lowest BCUT2D eigenvalue weighted by molar-refractivity contribution is 0.122. The topological polar surface area (TPSA) is 42.6 Å². The first-order chi connectivity index (χ1) is 13.5. The third-order valence-corrected chi connectivity index (χ3v) is 5.80. The van der Waals surface area contributed by atoms with E-state index in [0.717, 1.165) is 24.5 Å². The van der Waals surface area contributed by atoms with E-state index in [9.17, 15) is 5.11 Å². The Balaban J connectivity index is 1.83. The maximum atomic E-state index is 10.7. The van der Waals surface area contributed by atoms with Crippen LogP contribution in [0.1, 0.15) is 5.69 Å². The van der Waals surface area contributed by atoms with Gasteiger partial charge in [0, 0.05) is 13.1 Å². The second-order valence-corrected chi connectivity index (χ2v) is 7.73. The number of hydrogen-bond acceptors (Lipinski definition) is 4. The van der Waals surface area contributed by atoms with Crippen molar-refractivity contribution in [2.24, 2.45) is 0 Å². The van der Waals surface area contributed by atoms with E-state index in [1.54, 1.807) is 9.13 Å². The largest absolute Gasteiger partial charge is 0.493 e. The van der Waals surface area contributed by atoms with Gasteiger partial charge in [0.05, 0.1) is 46.0 Å². The summed E-state index contributed by atoms with van der Waals surface area (Å²) in [5.41, 5.74) is 2.90. The number of morpholine rings is 1. The van der Waals surface area contributed by atoms with Gasteiger partial charge in [0.1, 0.15) is 0 Å². The molecule has 1 aromatic heterocycles. The van der Waals surface area contributed by atoms with Crippen molar-refractivity contribution >= 4 is 41.1 Å². The van der Waals surface area contributed by atoms with Crippen molar-refractivity contribution in [1.82, 2.24) is 9.13 Å². The number of imidazole rings is 1. The zero-order valence-electron chi connectivity index (χ0n) is 15.2. The van der Waals surface area contributed by atoms with Crippen LogP contribution in [-0.4, -0.2) is 40.5 Å². The average Bonchev–Trinajstić information content (AvgIpc) is 2.91. The quantitative estimate of drug-likeness (QED) is 0.577. The number of hydrogen-bond donors (Lipinski definition) is 1. The van der Waals surface area contributed by atoms with E-state index in [4.69, 9.17) is 40.2 Å². The SMILES string of the molecule is Cc1c(O)n(-c2ccccc2)c(=S)n1-c1cc(Cl)c(N2CCOCC2)c(Cl)c1. The molecular weight excluding hydrogens is 417 g/mol. The maximum Gasteiger partial charge on any atom is 0.218 e. The molecule has 4 rings (SSSR count). The standard InChI is InChI=1S/C20H19Cl2N3O2S/c1-13-19(26)25(14-5-3-2-4-6-14)20(28)24(13)15-11-16(21)18(17(22)12-15)23-7-9-27-10-8-23/h2-6,11-12,26H,7-10H2,1H3. The summed E-state index contributed by atoms with van der Waals surface area (Å²) in [4.78, 5) is 2.12. The highest BCUT2D eigenvalue weighted by atomic mass is 35.5. The minimum absolute atomic E-state index is 0.0840. The minimum Gasteiger partial charge on any atom is -0.493 e. The number of nitrogens with zero attached hydrogens (tertiary/aromatic N) is 3. The van der Waals surface area contributed by atoms with E-state index in [1.165, 1.54) is 0 Å². The van der Waals surface area contributed by atoms with E-state index in [1.807, 2.05) is 49.4 Å². The molecule has 146 valence electrons. The Kier molecular flexibility index (Phi) is 5.38. The Hall–Kier alpha value is -1.99. The molecule has 1 N–H and O–H groups in total. The lowest BCUT2D eigenvalue weighted by Gasteiger charge is -2.30. The fourth-order valence-electron chi connectivity index (χ4n) is 3.48. The summed E-state index contributed by atoms with van der Waals surface area (Å²) in [6.07, 6.45) is 0. The fraction of sp³-hybridized carbons (Fsp3) is 0.250. The molecule has 0 spiro atoms. The maximum absolute atomic E-state index is 10.7. The highest BCUT2D eigenvalue weighted by molar-refractivity contribution is 7.71. The molecule has 1 saturated heterocycles. The molecule has 0 atom stereocenters. The second kappa shape index (κ2) is 7.79. The normalized spacial score (nSPS) is 14.5. The molecule has 0 amide bonds. The van der Waals surface area contributed by atoms with Gasteiger partial charge in [-0.05, 0) is 43.4 Å². The van der Waals surface area contributed by atoms with Crippen LogP contribution in [0.5, 0.6) is 5.88 Å². The highest BCUT2D eigenvalue weighted by Gasteiger charge is 2.21. The van der Waals surface area contributed by atoms with Gasteiger partial charge in [0.25, 0.3) is 0 Å². The molecule has 5 nitrogen and oxygen atoms in total. The van der Waals surface area contributed by atoms with Crippen LogP contribution in [0.25, 0.3) is 11.4 Å². The van der Waals surface area contributed by atoms with Crippen molar-refractivity contribution in [2.45, 2.75) is 6.92 Å². The zero-order chi connectivity index (χ0) is 19.8. The first-order valence-electron chi connectivity index (χ1n) is 8.90. The van der Waals surface area contributed by atoms with Gasteiger partial charge in [-0.1, -0.05) is 41.4 Å². The summed E-state index contributed by atoms with van der Waals surface area (Å²) in [6, 6.07) is 13.1. The van der Waals surface area contributed by atoms with Gasteiger partial charge in [0.15, 0.2) is 4.77 Å². The Morgan fingerprint density at radius 1 is 0.964 bits per heavy atom. The van der Waals surface area contributed by atoms with Crippen LogP contribution < -0.4 is 4.90 Å². The molecule has 3 aromatic rings. The first-order valence-corrected chi connectivity index (χ1v) is 10.1. The van der Waals surface area contributed by atoms with Crippen molar-refractivity contribution in [3.8, 4) is 17.3 Å². The van der Waals surface area contributed by atoms with Crippen LogP contribution >= 0.6 is 35.4 Å². The van der Waals surface area contributed by atoms with Gasteiger partial charge in [0.2, 0.25) is 5.88 Å². The van der Waals surface area contributed by atoms with E-state index < -0.39 is 0 Å². The minimum atomic E-state index is 0.0840. The molecule has 0 radical (unpaired) electrons. The molecule has 2 heterocycles. The van der Waals surface area contributed by atoms with Gasteiger partial charge in [-0.25, -0.2) is 0 Å². The molecule has 1 aliphatic heterocycles. The van der Waals surface area contributed by atoms with Gasteiger partial charge in [-0.2, -0.15) is 0 Å². The smallest absolute Gasteiger partial charge is 0.218 e. The molecule has 8 heteroatoms. The fourth-order valence-corrected chi connectivity index (χ4v) is 4.63. The van der Waals surface area contributed by atoms with Crippen molar-refractivity contribution in [3.63, 3.8) is 0 Å². The summed E-state index contributed by atoms with van der Waals surface area (Å²) in [5.74, 6) is 0.0840. The lowest BCUT2D eigenvalue weighted by atomic mass is 10.2. The van der Waals surface area contributed by atoms with Crippen LogP contribution in [0.15, 0.2) is 42.5 Å². The van der Waals surface area contributed by atoms with Crippen molar-refractivity contribution in [1.29, 1.82) is 0 Å². The molecule has 0 aliphatic carbocycles. The van der Waals surface area contributed by atoms with Gasteiger partial charge in [-0.3, -0.25) is 9.13 Å². The summed E-state index contributed by atoms with van der Waals surface area (Å²) >= 11 is 18.9. The van der Waals surface area contributed by atoms with E-state index >= 15 is 0 Å². The third-order valence-electron chi connectivity index (χ3n) is 4.85. The number of aromatic hydroxyl groups is 1. The van der Waals surface area contributed by atoms with Gasteiger partial charge in [-0.15, -0.1) is 0 Å². The van der Waals surface area contributed by atoms with Crippen molar-refractivity contribution in [3.05, 3.63) is 63.0 Å². The number of rotatable bonds is 3. The summed E-state index contributed by atoms with van der Waals surface area (Å²) in [5, 5.41) is 11.8. The predicted octanol–water partition coefficient (Wildman–Crippen LogP) is 5.15. The Morgan fingerprint density at radius 2 is 1.57 bits per heavy atom. The van der Waals surface area contributed by atoms with E-state index in [-0.39, 0.29) is 5.88 Å². The molecule has 0 unspecified atom stereocenters. The molecule has 0 saturated carbocycles. The van der Waals surface area contributed by atoms with Crippen LogP contribution in [0.4, 0.5) is 5.69 Å². The number of halogens is 2. The van der Waals surface area contributed by atoms with Gasteiger partial charge < -0.3 is 14.7 Å². The monoisotopic (exact) mass is 435 g/mol. The number of benzene rings is 2. The van der Waals surface area contributed by atoms with Crippen LogP contribution in [0.2, 0.25) is 10.0 Å². The molecule has 2 aromatic carbocycles. The molecule has 28 heavy (non-hydrogen) atoms. The number of anilines is 1. The number of ether oxygens (including phenoxy) is 1. The average molecular weight is 436 g/mol. The van der Waals surface area contributed by atoms with Gasteiger partial charge >= 0.3 is 0 Å². The first kappa shape index (κ1) is 19.3. The second-order valence-electron chi connectivity index (χ2n) is 6.56. The molecule has 0 bridgehead atoms. The van der Waals surface area contributed by atoms with Crippen LogP contribution in [0.3, 0.4) is 0 Å². The zero-order valence-corrected chi connectivity index (χ0v) is 17.6. The predicted molar refractivity (Wildman–Crippen MR) is 115 cm³/mol. The number of para-hydroxylation sites is 1. The molecular formula is C20H19Cl2N3O2S. The Morgan fingerprint density at radius 3 is 2.18 bits per heavy atom. The Labute approximate surface area is 178 Å². The lowest BCUT2D eigenvalue weighted by Crippen LogP contribution is -2.36. The van der Waals surface area contributed by atoms with Crippen molar-refractivity contribution < 1.29 is 9.84 Å². The summed E-state index contributed by atoms with van der Waals surface area (Å²) in [7, 11) is 0. The van der Waals surface area contributed by atoms with E-state index in [0.29, 0.717) is 39.4 Å². The number of aromatic nitrogens is 2. The van der Waals surface area contributed by atoms with E-state index in [2.05, 4.69) is 4.90 Å². The third kappa shape index (κ3) is 3.31. The highest BCUT2D eigenvalue weighted by Crippen LogP contribution is 2.38. The molecule has 1 fully saturated rings. The Bertz CT molecular complexity index is 1050.